The number of hydrogen-bond donors (Lipinski definition) is 2. The number of methoxy groups -OCH3 is 2. The highest BCUT2D eigenvalue weighted by Crippen LogP contribution is 2.38. The number of anilines is 1. The van der Waals surface area contributed by atoms with Gasteiger partial charge in [-0.25, -0.2) is 4.79 Å². The SMILES string of the molecule is COc1cc(NC(=O)N2CCC(C)(C(=O)O)C2)cc(OC)c1Br. The Balaban J connectivity index is 2.14. The van der Waals surface area contributed by atoms with Gasteiger partial charge in [0.25, 0.3) is 0 Å². The third-order valence-corrected chi connectivity index (χ3v) is 4.76. The van der Waals surface area contributed by atoms with Crippen molar-refractivity contribution in [2.24, 2.45) is 5.41 Å². The van der Waals surface area contributed by atoms with Gasteiger partial charge in [0.1, 0.15) is 16.0 Å². The second kappa shape index (κ2) is 6.66. The summed E-state index contributed by atoms with van der Waals surface area (Å²) in [6.07, 6.45) is 0.433. The largest absolute Gasteiger partial charge is 0.495 e. The van der Waals surface area contributed by atoms with Crippen molar-refractivity contribution >= 4 is 33.6 Å². The minimum atomic E-state index is -0.896. The lowest BCUT2D eigenvalue weighted by Gasteiger charge is -2.21. The number of aliphatic carboxylic acids is 1. The zero-order valence-corrected chi connectivity index (χ0v) is 14.8. The lowest BCUT2D eigenvalue weighted by molar-refractivity contribution is -0.146. The number of carboxylic acid groups (broad SMARTS) is 1. The number of nitrogens with one attached hydrogen (secondary N) is 1. The van der Waals surface area contributed by atoms with Crippen LogP contribution in [0.5, 0.6) is 11.5 Å². The molecule has 1 saturated heterocycles. The van der Waals surface area contributed by atoms with Crippen LogP contribution in [-0.4, -0.2) is 49.3 Å². The number of carboxylic acids is 1. The van der Waals surface area contributed by atoms with E-state index in [1.54, 1.807) is 19.1 Å². The van der Waals surface area contributed by atoms with Gasteiger partial charge in [0.15, 0.2) is 0 Å². The van der Waals surface area contributed by atoms with Gasteiger partial charge in [0.2, 0.25) is 0 Å². The Morgan fingerprint density at radius 1 is 1.30 bits per heavy atom. The van der Waals surface area contributed by atoms with Crippen LogP contribution in [0.3, 0.4) is 0 Å². The summed E-state index contributed by atoms with van der Waals surface area (Å²) < 4.78 is 11.1. The number of amides is 2. The Labute approximate surface area is 142 Å². The Bertz CT molecular complexity index is 611. The Hall–Kier alpha value is -1.96. The van der Waals surface area contributed by atoms with E-state index in [2.05, 4.69) is 21.2 Å². The molecule has 1 atom stereocenters. The summed E-state index contributed by atoms with van der Waals surface area (Å²) in [6, 6.07) is 2.98. The molecular formula is C15H19BrN2O5. The van der Waals surface area contributed by atoms with Crippen molar-refractivity contribution in [3.8, 4) is 11.5 Å². The van der Waals surface area contributed by atoms with Crippen molar-refractivity contribution in [1.29, 1.82) is 0 Å². The van der Waals surface area contributed by atoms with Crippen LogP contribution in [0.4, 0.5) is 10.5 Å². The number of ether oxygens (including phenoxy) is 2. The lowest BCUT2D eigenvalue weighted by Crippen LogP contribution is -2.37. The smallest absolute Gasteiger partial charge is 0.321 e. The summed E-state index contributed by atoms with van der Waals surface area (Å²) in [5.41, 5.74) is -0.386. The Morgan fingerprint density at radius 3 is 2.30 bits per heavy atom. The second-order valence-corrected chi connectivity index (χ2v) is 6.46. The molecule has 0 bridgehead atoms. The van der Waals surface area contributed by atoms with Crippen LogP contribution in [0.15, 0.2) is 16.6 Å². The number of benzene rings is 1. The summed E-state index contributed by atoms with van der Waals surface area (Å²) in [5, 5.41) is 12.0. The predicted molar refractivity (Wildman–Crippen MR) is 88.2 cm³/mol. The van der Waals surface area contributed by atoms with Gasteiger partial charge in [-0.1, -0.05) is 0 Å². The number of hydrogen-bond acceptors (Lipinski definition) is 4. The molecule has 1 aliphatic rings. The number of likely N-dealkylation sites (tertiary alicyclic amines) is 1. The molecule has 1 aromatic carbocycles. The first-order chi connectivity index (χ1) is 10.8. The van der Waals surface area contributed by atoms with Crippen LogP contribution >= 0.6 is 15.9 Å². The number of carbonyl (C=O) groups is 2. The van der Waals surface area contributed by atoms with Gasteiger partial charge >= 0.3 is 12.0 Å². The maximum absolute atomic E-state index is 12.3. The molecule has 1 aliphatic heterocycles. The highest BCUT2D eigenvalue weighted by Gasteiger charge is 2.42. The Morgan fingerprint density at radius 2 is 1.87 bits per heavy atom. The molecule has 126 valence electrons. The van der Waals surface area contributed by atoms with E-state index in [-0.39, 0.29) is 12.6 Å². The summed E-state index contributed by atoms with van der Waals surface area (Å²) in [7, 11) is 3.04. The zero-order chi connectivity index (χ0) is 17.2. The van der Waals surface area contributed by atoms with Crippen LogP contribution in [0, 0.1) is 5.41 Å². The van der Waals surface area contributed by atoms with E-state index >= 15 is 0 Å². The zero-order valence-electron chi connectivity index (χ0n) is 13.2. The second-order valence-electron chi connectivity index (χ2n) is 5.66. The molecule has 0 radical (unpaired) electrons. The maximum Gasteiger partial charge on any atom is 0.321 e. The fraction of sp³-hybridized carbons (Fsp3) is 0.467. The van der Waals surface area contributed by atoms with Crippen molar-refractivity contribution in [3.05, 3.63) is 16.6 Å². The standard InChI is InChI=1S/C15H19BrN2O5/c1-15(13(19)20)4-5-18(8-15)14(21)17-9-6-10(22-2)12(16)11(7-9)23-3/h6-7H,4-5,8H2,1-3H3,(H,17,21)(H,19,20). The van der Waals surface area contributed by atoms with Crippen molar-refractivity contribution in [3.63, 3.8) is 0 Å². The summed E-state index contributed by atoms with van der Waals surface area (Å²) >= 11 is 3.36. The van der Waals surface area contributed by atoms with Crippen LogP contribution in [0.2, 0.25) is 0 Å². The fourth-order valence-corrected chi connectivity index (χ4v) is 3.01. The number of urea groups is 1. The van der Waals surface area contributed by atoms with Crippen LogP contribution in [-0.2, 0) is 4.79 Å². The number of nitrogens with zero attached hydrogens (tertiary/aromatic N) is 1. The number of halogens is 1. The van der Waals surface area contributed by atoms with Gasteiger partial charge in [-0.15, -0.1) is 0 Å². The molecule has 23 heavy (non-hydrogen) atoms. The summed E-state index contributed by atoms with van der Waals surface area (Å²) in [4.78, 5) is 25.1. The van der Waals surface area contributed by atoms with E-state index in [0.29, 0.717) is 34.6 Å². The van der Waals surface area contributed by atoms with E-state index in [9.17, 15) is 14.7 Å². The molecule has 0 aromatic heterocycles. The molecule has 1 heterocycles. The minimum Gasteiger partial charge on any atom is -0.495 e. The van der Waals surface area contributed by atoms with Gasteiger partial charge in [-0.2, -0.15) is 0 Å². The molecule has 7 nitrogen and oxygen atoms in total. The lowest BCUT2D eigenvalue weighted by atomic mass is 9.90. The third-order valence-electron chi connectivity index (χ3n) is 3.97. The van der Waals surface area contributed by atoms with Crippen molar-refractivity contribution in [2.45, 2.75) is 13.3 Å². The first-order valence-electron chi connectivity index (χ1n) is 7.01. The number of carbonyl (C=O) groups excluding carboxylic acids is 1. The molecule has 0 spiro atoms. The molecule has 2 rings (SSSR count). The quantitative estimate of drug-likeness (QED) is 0.830. The van der Waals surface area contributed by atoms with Crippen LogP contribution < -0.4 is 14.8 Å². The molecule has 0 saturated carbocycles. The molecule has 1 aromatic rings. The highest BCUT2D eigenvalue weighted by molar-refractivity contribution is 9.10. The third kappa shape index (κ3) is 3.52. The maximum atomic E-state index is 12.3. The first kappa shape index (κ1) is 17.4. The van der Waals surface area contributed by atoms with Gasteiger partial charge in [0.05, 0.1) is 19.6 Å². The highest BCUT2D eigenvalue weighted by atomic mass is 79.9. The van der Waals surface area contributed by atoms with Crippen molar-refractivity contribution < 1.29 is 24.2 Å². The summed E-state index contributed by atoms with van der Waals surface area (Å²) in [5.74, 6) is 0.160. The normalized spacial score (nSPS) is 20.3. The van der Waals surface area contributed by atoms with E-state index in [1.807, 2.05) is 0 Å². The van der Waals surface area contributed by atoms with Crippen molar-refractivity contribution in [2.75, 3.05) is 32.6 Å². The molecule has 2 amide bonds. The average molecular weight is 387 g/mol. The molecule has 1 unspecified atom stereocenters. The number of rotatable bonds is 4. The summed E-state index contributed by atoms with van der Waals surface area (Å²) in [6.45, 7) is 2.23. The first-order valence-corrected chi connectivity index (χ1v) is 7.81. The van der Waals surface area contributed by atoms with Crippen LogP contribution in [0.25, 0.3) is 0 Å². The van der Waals surface area contributed by atoms with Gasteiger partial charge < -0.3 is 24.8 Å². The topological polar surface area (TPSA) is 88.1 Å². The Kier molecular flexibility index (Phi) is 5.03. The predicted octanol–water partition coefficient (Wildman–Crippen LogP) is 2.79. The molecule has 8 heteroatoms. The van der Waals surface area contributed by atoms with E-state index in [0.717, 1.165) is 0 Å². The van der Waals surface area contributed by atoms with Gasteiger partial charge in [0, 0.05) is 30.9 Å². The fourth-order valence-electron chi connectivity index (χ4n) is 2.45. The molecular weight excluding hydrogens is 368 g/mol. The van der Waals surface area contributed by atoms with Crippen LogP contribution in [0.1, 0.15) is 13.3 Å². The molecule has 0 aliphatic carbocycles. The van der Waals surface area contributed by atoms with E-state index < -0.39 is 11.4 Å². The van der Waals surface area contributed by atoms with Gasteiger partial charge in [-0.05, 0) is 29.3 Å². The van der Waals surface area contributed by atoms with E-state index in [4.69, 9.17) is 9.47 Å². The monoisotopic (exact) mass is 386 g/mol. The molecule has 1 fully saturated rings. The van der Waals surface area contributed by atoms with Gasteiger partial charge in [-0.3, -0.25) is 4.79 Å². The minimum absolute atomic E-state index is 0.180. The van der Waals surface area contributed by atoms with Crippen molar-refractivity contribution in [1.82, 2.24) is 4.90 Å². The average Bonchev–Trinajstić information content (AvgIpc) is 2.93. The molecule has 2 N–H and O–H groups in total. The van der Waals surface area contributed by atoms with E-state index in [1.165, 1.54) is 19.1 Å².